The molecule has 4 nitrogen and oxygen atoms in total. The van der Waals surface area contributed by atoms with E-state index < -0.39 is 5.60 Å². The molecule has 30 heavy (non-hydrogen) atoms. The van der Waals surface area contributed by atoms with Gasteiger partial charge in [-0.1, -0.05) is 55.3 Å². The highest BCUT2D eigenvalue weighted by atomic mass is 16.3. The lowest BCUT2D eigenvalue weighted by molar-refractivity contribution is -0.143. The van der Waals surface area contributed by atoms with Crippen molar-refractivity contribution in [2.75, 3.05) is 13.1 Å². The van der Waals surface area contributed by atoms with E-state index in [0.717, 1.165) is 25.7 Å². The predicted molar refractivity (Wildman–Crippen MR) is 119 cm³/mol. The molecule has 1 aliphatic carbocycles. The van der Waals surface area contributed by atoms with Crippen LogP contribution in [0.15, 0.2) is 67.0 Å². The highest BCUT2D eigenvalue weighted by molar-refractivity contribution is 5.87. The molecular weight excluding hydrogens is 372 g/mol. The first-order chi connectivity index (χ1) is 14.6. The predicted octanol–water partition coefficient (Wildman–Crippen LogP) is 4.77. The van der Waals surface area contributed by atoms with Crippen LogP contribution >= 0.6 is 0 Å². The van der Waals surface area contributed by atoms with Gasteiger partial charge in [-0.3, -0.25) is 4.79 Å². The number of carbonyl (C=O) groups excluding carboxylic acids is 1. The molecule has 1 N–H and O–H groups in total. The zero-order valence-corrected chi connectivity index (χ0v) is 17.4. The van der Waals surface area contributed by atoms with Gasteiger partial charge in [0, 0.05) is 31.4 Å². The van der Waals surface area contributed by atoms with Crippen molar-refractivity contribution in [2.45, 2.75) is 50.2 Å². The molecule has 0 radical (unpaired) electrons. The van der Waals surface area contributed by atoms with Crippen molar-refractivity contribution >= 4 is 16.7 Å². The van der Waals surface area contributed by atoms with Crippen molar-refractivity contribution < 1.29 is 9.90 Å². The Bertz CT molecular complexity index is 1020. The highest BCUT2D eigenvalue weighted by Crippen LogP contribution is 2.40. The van der Waals surface area contributed by atoms with E-state index in [9.17, 15) is 9.90 Å². The molecule has 2 heterocycles. The summed E-state index contributed by atoms with van der Waals surface area (Å²) in [6, 6.07) is 18.8. The number of amides is 1. The van der Waals surface area contributed by atoms with Crippen molar-refractivity contribution in [1.29, 1.82) is 0 Å². The Labute approximate surface area is 178 Å². The number of aliphatic hydroxyl groups is 1. The Kier molecular flexibility index (Phi) is 5.11. The summed E-state index contributed by atoms with van der Waals surface area (Å²) >= 11 is 0. The Morgan fingerprint density at radius 2 is 1.83 bits per heavy atom. The van der Waals surface area contributed by atoms with Gasteiger partial charge in [0.1, 0.15) is 0 Å². The average molecular weight is 403 g/mol. The maximum absolute atomic E-state index is 13.4. The van der Waals surface area contributed by atoms with Gasteiger partial charge < -0.3 is 14.6 Å². The monoisotopic (exact) mass is 402 g/mol. The smallest absolute Gasteiger partial charge is 0.225 e. The van der Waals surface area contributed by atoms with Gasteiger partial charge in [-0.05, 0) is 47.7 Å². The van der Waals surface area contributed by atoms with Crippen LogP contribution < -0.4 is 0 Å². The molecule has 0 bridgehead atoms. The number of benzene rings is 2. The molecule has 2 aliphatic rings. The van der Waals surface area contributed by atoms with Gasteiger partial charge in [-0.25, -0.2) is 0 Å². The van der Waals surface area contributed by atoms with Crippen molar-refractivity contribution in [3.8, 4) is 0 Å². The first-order valence-corrected chi connectivity index (χ1v) is 11.2. The van der Waals surface area contributed by atoms with Crippen LogP contribution in [0.1, 0.15) is 50.1 Å². The molecule has 0 unspecified atom stereocenters. The number of nitrogens with zero attached hydrogens (tertiary/aromatic N) is 2. The fraction of sp³-hybridized carbons (Fsp3) is 0.423. The van der Waals surface area contributed by atoms with Crippen LogP contribution in [0.4, 0.5) is 0 Å². The van der Waals surface area contributed by atoms with Crippen LogP contribution in [-0.2, 0) is 4.79 Å². The summed E-state index contributed by atoms with van der Waals surface area (Å²) in [6.45, 7) is 1.36. The first kappa shape index (κ1) is 19.4. The third-order valence-electron chi connectivity index (χ3n) is 7.32. The third kappa shape index (κ3) is 3.54. The molecule has 1 saturated heterocycles. The maximum Gasteiger partial charge on any atom is 0.225 e. The van der Waals surface area contributed by atoms with Gasteiger partial charge in [-0.2, -0.15) is 0 Å². The number of likely N-dealkylation sites (tertiary alicyclic amines) is 1. The van der Waals surface area contributed by atoms with E-state index in [1.165, 1.54) is 16.3 Å². The topological polar surface area (TPSA) is 45.5 Å². The van der Waals surface area contributed by atoms with E-state index in [2.05, 4.69) is 59.4 Å². The van der Waals surface area contributed by atoms with E-state index in [4.69, 9.17) is 0 Å². The average Bonchev–Trinajstić information content (AvgIpc) is 3.31. The fourth-order valence-corrected chi connectivity index (χ4v) is 5.56. The number of fused-ring (bicyclic) bond motifs is 2. The van der Waals surface area contributed by atoms with Crippen molar-refractivity contribution in [3.63, 3.8) is 0 Å². The standard InChI is InChI=1S/C26H30N2O2/c29-25(28-17-14-26(30)13-4-3-10-21(26)19-28)18-24(27-15-5-6-16-27)23-12-7-9-20-8-1-2-11-22(20)23/h1-2,5-9,11-12,15-16,21,24,30H,3-4,10,13-14,17-19H2/t21-,24+,26-/m0/s1. The van der Waals surface area contributed by atoms with Crippen molar-refractivity contribution in [1.82, 2.24) is 9.47 Å². The zero-order valence-electron chi connectivity index (χ0n) is 17.4. The number of hydrogen-bond acceptors (Lipinski definition) is 2. The minimum atomic E-state index is -0.551. The summed E-state index contributed by atoms with van der Waals surface area (Å²) in [6.07, 6.45) is 9.45. The lowest BCUT2D eigenvalue weighted by Gasteiger charge is -2.47. The van der Waals surface area contributed by atoms with Crippen molar-refractivity contribution in [2.24, 2.45) is 5.92 Å². The maximum atomic E-state index is 13.4. The van der Waals surface area contributed by atoms with Gasteiger partial charge in [0.05, 0.1) is 18.1 Å². The molecule has 2 aromatic carbocycles. The van der Waals surface area contributed by atoms with Crippen LogP contribution in [0.25, 0.3) is 10.8 Å². The SMILES string of the molecule is O=C(C[C@H](c1cccc2ccccc12)n1cccc1)N1CC[C@@]2(O)CCCC[C@H]2C1. The molecule has 3 atom stereocenters. The second-order valence-corrected chi connectivity index (χ2v) is 9.05. The largest absolute Gasteiger partial charge is 0.389 e. The number of piperidine rings is 1. The summed E-state index contributed by atoms with van der Waals surface area (Å²) in [5.74, 6) is 0.417. The van der Waals surface area contributed by atoms with Gasteiger partial charge >= 0.3 is 0 Å². The minimum absolute atomic E-state index is 0.0363. The third-order valence-corrected chi connectivity index (χ3v) is 7.32. The van der Waals surface area contributed by atoms with Crippen LogP contribution in [-0.4, -0.2) is 39.2 Å². The quantitative estimate of drug-likeness (QED) is 0.683. The van der Waals surface area contributed by atoms with Gasteiger partial charge in [-0.15, -0.1) is 0 Å². The van der Waals surface area contributed by atoms with E-state index in [1.54, 1.807) is 0 Å². The van der Waals surface area contributed by atoms with Gasteiger partial charge in [0.15, 0.2) is 0 Å². The highest BCUT2D eigenvalue weighted by Gasteiger charge is 2.43. The Morgan fingerprint density at radius 1 is 1.03 bits per heavy atom. The molecule has 1 aromatic heterocycles. The second kappa shape index (κ2) is 7.92. The molecule has 1 saturated carbocycles. The summed E-state index contributed by atoms with van der Waals surface area (Å²) in [4.78, 5) is 15.4. The first-order valence-electron chi connectivity index (χ1n) is 11.2. The molecule has 5 rings (SSSR count). The molecule has 156 valence electrons. The molecule has 3 aromatic rings. The molecule has 0 spiro atoms. The van der Waals surface area contributed by atoms with Crippen LogP contribution in [0.5, 0.6) is 0 Å². The van der Waals surface area contributed by atoms with E-state index in [0.29, 0.717) is 25.9 Å². The normalized spacial score (nSPS) is 25.1. The molecule has 1 amide bonds. The Balaban J connectivity index is 1.42. The molecule has 2 fully saturated rings. The summed E-state index contributed by atoms with van der Waals surface area (Å²) in [7, 11) is 0. The van der Waals surface area contributed by atoms with E-state index in [-0.39, 0.29) is 17.9 Å². The Morgan fingerprint density at radius 3 is 2.70 bits per heavy atom. The van der Waals surface area contributed by atoms with E-state index >= 15 is 0 Å². The summed E-state index contributed by atoms with van der Waals surface area (Å²) < 4.78 is 2.15. The van der Waals surface area contributed by atoms with Crippen molar-refractivity contribution in [3.05, 3.63) is 72.6 Å². The minimum Gasteiger partial charge on any atom is -0.389 e. The van der Waals surface area contributed by atoms with Crippen LogP contribution in [0.3, 0.4) is 0 Å². The number of aromatic nitrogens is 1. The van der Waals surface area contributed by atoms with E-state index in [1.807, 2.05) is 17.0 Å². The second-order valence-electron chi connectivity index (χ2n) is 9.05. The van der Waals surface area contributed by atoms with Crippen LogP contribution in [0.2, 0.25) is 0 Å². The Hall–Kier alpha value is -2.59. The van der Waals surface area contributed by atoms with Gasteiger partial charge in [0.25, 0.3) is 0 Å². The lowest BCUT2D eigenvalue weighted by Crippen LogP contribution is -2.54. The summed E-state index contributed by atoms with van der Waals surface area (Å²) in [5, 5.41) is 13.4. The fourth-order valence-electron chi connectivity index (χ4n) is 5.56. The zero-order chi connectivity index (χ0) is 20.6. The summed E-state index contributed by atoms with van der Waals surface area (Å²) in [5.41, 5.74) is 0.633. The number of carbonyl (C=O) groups is 1. The molecule has 1 aliphatic heterocycles. The van der Waals surface area contributed by atoms with Gasteiger partial charge in [0.2, 0.25) is 5.91 Å². The van der Waals surface area contributed by atoms with Crippen LogP contribution in [0, 0.1) is 5.92 Å². The molecular formula is C26H30N2O2. The molecule has 4 heteroatoms. The number of hydrogen-bond donors (Lipinski definition) is 1. The lowest BCUT2D eigenvalue weighted by atomic mass is 9.71. The number of rotatable bonds is 4.